The molecule has 0 aromatic rings. The van der Waals surface area contributed by atoms with E-state index in [1.807, 2.05) is 0 Å². The monoisotopic (exact) mass is 148 g/mol. The molecule has 0 heterocycles. The van der Waals surface area contributed by atoms with Crippen molar-refractivity contribution in [1.29, 1.82) is 0 Å². The Hall–Kier alpha value is -0.780. The number of hydrogen-bond donors (Lipinski definition) is 0. The molecular formula is C11H16. The molecule has 0 fully saturated rings. The van der Waals surface area contributed by atoms with Crippen LogP contribution < -0.4 is 0 Å². The van der Waals surface area contributed by atoms with Gasteiger partial charge in [-0.15, -0.1) is 0 Å². The van der Waals surface area contributed by atoms with Gasteiger partial charge in [-0.3, -0.25) is 0 Å². The molecular weight excluding hydrogens is 132 g/mol. The first-order valence-corrected chi connectivity index (χ1v) is 4.42. The van der Waals surface area contributed by atoms with Gasteiger partial charge in [-0.1, -0.05) is 43.4 Å². The lowest BCUT2D eigenvalue weighted by atomic mass is 10.0. The quantitative estimate of drug-likeness (QED) is 0.526. The van der Waals surface area contributed by atoms with Crippen LogP contribution in [0.2, 0.25) is 0 Å². The molecule has 0 aromatic heterocycles. The Labute approximate surface area is 69.3 Å². The Morgan fingerprint density at radius 3 is 2.45 bits per heavy atom. The van der Waals surface area contributed by atoms with Crippen LogP contribution in [0.3, 0.4) is 0 Å². The Bertz CT molecular complexity index is 158. The first-order valence-electron chi connectivity index (χ1n) is 4.42. The van der Waals surface area contributed by atoms with Crippen molar-refractivity contribution < 1.29 is 0 Å². The zero-order chi connectivity index (χ0) is 7.94. The molecule has 0 unspecified atom stereocenters. The fraction of sp³-hybridized carbons (Fsp3) is 0.455. The Kier molecular flexibility index (Phi) is 3.74. The lowest BCUT2D eigenvalue weighted by molar-refractivity contribution is 0.677. The molecule has 0 bridgehead atoms. The zero-order valence-electron chi connectivity index (χ0n) is 7.16. The highest BCUT2D eigenvalue weighted by atomic mass is 14.1. The molecule has 0 aromatic carbocycles. The maximum absolute atomic E-state index is 2.33. The van der Waals surface area contributed by atoms with Gasteiger partial charge in [0.1, 0.15) is 0 Å². The highest BCUT2D eigenvalue weighted by Gasteiger charge is 2.00. The summed E-state index contributed by atoms with van der Waals surface area (Å²) in [4.78, 5) is 0. The summed E-state index contributed by atoms with van der Waals surface area (Å²) in [5.41, 5.74) is 0. The highest BCUT2D eigenvalue weighted by molar-refractivity contribution is 5.09. The summed E-state index contributed by atoms with van der Waals surface area (Å²) in [6.45, 7) is 2.18. The van der Waals surface area contributed by atoms with Crippen LogP contribution in [0.5, 0.6) is 0 Å². The molecule has 0 heteroatoms. The fourth-order valence-corrected chi connectivity index (χ4v) is 1.25. The Morgan fingerprint density at radius 2 is 1.91 bits per heavy atom. The van der Waals surface area contributed by atoms with Gasteiger partial charge >= 0.3 is 0 Å². The third-order valence-electron chi connectivity index (χ3n) is 1.90. The van der Waals surface area contributed by atoms with E-state index in [0.29, 0.717) is 0 Å². The van der Waals surface area contributed by atoms with Crippen molar-refractivity contribution in [1.82, 2.24) is 0 Å². The summed E-state index contributed by atoms with van der Waals surface area (Å²) in [6, 6.07) is 0. The molecule has 11 heavy (non-hydrogen) atoms. The third-order valence-corrected chi connectivity index (χ3v) is 1.90. The van der Waals surface area contributed by atoms with Crippen LogP contribution in [0.1, 0.15) is 26.2 Å². The molecule has 0 nitrogen and oxygen atoms in total. The number of hydrogen-bond acceptors (Lipinski definition) is 0. The highest BCUT2D eigenvalue weighted by Crippen LogP contribution is 2.15. The fourth-order valence-electron chi connectivity index (χ4n) is 1.25. The van der Waals surface area contributed by atoms with Crippen LogP contribution in [-0.4, -0.2) is 0 Å². The van der Waals surface area contributed by atoms with Gasteiger partial charge in [0.05, 0.1) is 0 Å². The summed E-state index contributed by atoms with van der Waals surface area (Å²) in [5, 5.41) is 0. The molecule has 0 saturated carbocycles. The van der Waals surface area contributed by atoms with Gasteiger partial charge in [0, 0.05) is 0 Å². The first kappa shape index (κ1) is 8.32. The van der Waals surface area contributed by atoms with Crippen molar-refractivity contribution in [2.45, 2.75) is 26.2 Å². The smallest absolute Gasteiger partial charge is 0.0164 e. The molecule has 0 spiro atoms. The standard InChI is InChI=1S/C11H16/c1-2-3-8-11-9-6-4-5-7-10-11/h3-8,11H,2,9-10H2,1H3/b8-3+. The van der Waals surface area contributed by atoms with Crippen molar-refractivity contribution in [2.75, 3.05) is 0 Å². The zero-order valence-corrected chi connectivity index (χ0v) is 7.16. The molecule has 0 N–H and O–H groups in total. The van der Waals surface area contributed by atoms with E-state index < -0.39 is 0 Å². The van der Waals surface area contributed by atoms with E-state index in [1.165, 1.54) is 12.8 Å². The third kappa shape index (κ3) is 3.22. The maximum atomic E-state index is 2.33. The molecule has 1 rings (SSSR count). The van der Waals surface area contributed by atoms with Gasteiger partial charge in [0.2, 0.25) is 0 Å². The van der Waals surface area contributed by atoms with Gasteiger partial charge < -0.3 is 0 Å². The Balaban J connectivity index is 2.40. The van der Waals surface area contributed by atoms with Gasteiger partial charge in [-0.2, -0.15) is 0 Å². The van der Waals surface area contributed by atoms with Crippen molar-refractivity contribution in [2.24, 2.45) is 5.92 Å². The molecule has 0 atom stereocenters. The van der Waals surface area contributed by atoms with Crippen LogP contribution >= 0.6 is 0 Å². The maximum Gasteiger partial charge on any atom is -0.0164 e. The summed E-state index contributed by atoms with van der Waals surface area (Å²) in [6.07, 6.45) is 16.9. The van der Waals surface area contributed by atoms with Crippen molar-refractivity contribution in [3.05, 3.63) is 36.5 Å². The predicted octanol–water partition coefficient (Wildman–Crippen LogP) is 3.48. The number of rotatable bonds is 2. The minimum Gasteiger partial charge on any atom is -0.0885 e. The molecule has 1 aliphatic rings. The van der Waals surface area contributed by atoms with Crippen molar-refractivity contribution in [3.8, 4) is 0 Å². The average Bonchev–Trinajstić information content (AvgIpc) is 2.28. The second-order valence-corrected chi connectivity index (χ2v) is 2.92. The van der Waals surface area contributed by atoms with E-state index in [1.54, 1.807) is 0 Å². The van der Waals surface area contributed by atoms with E-state index in [2.05, 4.69) is 43.4 Å². The van der Waals surface area contributed by atoms with Crippen LogP contribution in [0.15, 0.2) is 36.5 Å². The minimum absolute atomic E-state index is 0.741. The predicted molar refractivity (Wildman–Crippen MR) is 50.4 cm³/mol. The average molecular weight is 148 g/mol. The SMILES string of the molecule is CC/C=C/C1CC=CC=CC1. The van der Waals surface area contributed by atoms with Crippen LogP contribution in [0.25, 0.3) is 0 Å². The second kappa shape index (κ2) is 4.95. The van der Waals surface area contributed by atoms with E-state index in [4.69, 9.17) is 0 Å². The van der Waals surface area contributed by atoms with Gasteiger partial charge in [0.15, 0.2) is 0 Å². The summed E-state index contributed by atoms with van der Waals surface area (Å²) < 4.78 is 0. The van der Waals surface area contributed by atoms with Gasteiger partial charge in [-0.25, -0.2) is 0 Å². The molecule has 0 saturated heterocycles. The molecule has 0 amide bonds. The summed E-state index contributed by atoms with van der Waals surface area (Å²) >= 11 is 0. The van der Waals surface area contributed by atoms with Crippen molar-refractivity contribution >= 4 is 0 Å². The van der Waals surface area contributed by atoms with E-state index >= 15 is 0 Å². The van der Waals surface area contributed by atoms with E-state index in [-0.39, 0.29) is 0 Å². The summed E-state index contributed by atoms with van der Waals surface area (Å²) in [7, 11) is 0. The second-order valence-electron chi connectivity index (χ2n) is 2.92. The van der Waals surface area contributed by atoms with Crippen LogP contribution in [0, 0.1) is 5.92 Å². The van der Waals surface area contributed by atoms with Crippen LogP contribution in [0.4, 0.5) is 0 Å². The molecule has 60 valence electrons. The lowest BCUT2D eigenvalue weighted by Crippen LogP contribution is -1.90. The largest absolute Gasteiger partial charge is 0.0885 e. The van der Waals surface area contributed by atoms with Gasteiger partial charge in [-0.05, 0) is 25.2 Å². The lowest BCUT2D eigenvalue weighted by Gasteiger charge is -2.04. The normalized spacial score (nSPS) is 19.4. The summed E-state index contributed by atoms with van der Waals surface area (Å²) in [5.74, 6) is 0.741. The van der Waals surface area contributed by atoms with Crippen molar-refractivity contribution in [3.63, 3.8) is 0 Å². The topological polar surface area (TPSA) is 0 Å². The van der Waals surface area contributed by atoms with Gasteiger partial charge in [0.25, 0.3) is 0 Å². The van der Waals surface area contributed by atoms with E-state index in [0.717, 1.165) is 12.3 Å². The molecule has 0 radical (unpaired) electrons. The minimum atomic E-state index is 0.741. The molecule has 1 aliphatic carbocycles. The Morgan fingerprint density at radius 1 is 1.27 bits per heavy atom. The first-order chi connectivity index (χ1) is 5.43. The number of allylic oxidation sites excluding steroid dienone is 6. The van der Waals surface area contributed by atoms with Crippen LogP contribution in [-0.2, 0) is 0 Å². The van der Waals surface area contributed by atoms with E-state index in [9.17, 15) is 0 Å². The molecule has 0 aliphatic heterocycles.